The summed E-state index contributed by atoms with van der Waals surface area (Å²) in [6.45, 7) is 5.63. The van der Waals surface area contributed by atoms with Crippen molar-refractivity contribution in [2.24, 2.45) is 10.4 Å². The van der Waals surface area contributed by atoms with Crippen molar-refractivity contribution in [1.82, 2.24) is 9.78 Å². The van der Waals surface area contributed by atoms with E-state index in [9.17, 15) is 4.79 Å². The van der Waals surface area contributed by atoms with E-state index in [1.54, 1.807) is 6.21 Å². The van der Waals surface area contributed by atoms with Crippen LogP contribution in [0.3, 0.4) is 0 Å². The molecule has 1 aliphatic carbocycles. The Bertz CT molecular complexity index is 687. The van der Waals surface area contributed by atoms with Crippen molar-refractivity contribution >= 4 is 23.0 Å². The van der Waals surface area contributed by atoms with Crippen LogP contribution >= 0.6 is 0 Å². The molecule has 0 aliphatic heterocycles. The standard InChI is InChI=1S/C16H19N3O/c1-16(2,3)15(20)17-9-11-5-4-6-12-10-18-19(14(11)12)13-7-8-13/h4-6,9-10,13H,7-8H2,1-3H3. The van der Waals surface area contributed by atoms with Crippen LogP contribution in [-0.2, 0) is 4.79 Å². The van der Waals surface area contributed by atoms with Gasteiger partial charge in [-0.15, -0.1) is 0 Å². The number of hydrogen-bond acceptors (Lipinski definition) is 2. The van der Waals surface area contributed by atoms with Crippen LogP contribution in [0.2, 0.25) is 0 Å². The summed E-state index contributed by atoms with van der Waals surface area (Å²) < 4.78 is 2.07. The summed E-state index contributed by atoms with van der Waals surface area (Å²) in [7, 11) is 0. The van der Waals surface area contributed by atoms with Crippen molar-refractivity contribution in [3.8, 4) is 0 Å². The zero-order chi connectivity index (χ0) is 14.3. The number of nitrogens with zero attached hydrogens (tertiary/aromatic N) is 3. The molecule has 1 fully saturated rings. The number of rotatable bonds is 2. The molecule has 104 valence electrons. The lowest BCUT2D eigenvalue weighted by molar-refractivity contribution is -0.124. The van der Waals surface area contributed by atoms with E-state index in [-0.39, 0.29) is 5.91 Å². The Hall–Kier alpha value is -1.97. The first kappa shape index (κ1) is 13.0. The topological polar surface area (TPSA) is 47.2 Å². The van der Waals surface area contributed by atoms with Crippen molar-refractivity contribution in [3.05, 3.63) is 30.0 Å². The van der Waals surface area contributed by atoms with Gasteiger partial charge in [0.15, 0.2) is 0 Å². The number of carbonyl (C=O) groups is 1. The van der Waals surface area contributed by atoms with E-state index < -0.39 is 5.41 Å². The molecule has 1 saturated carbocycles. The van der Waals surface area contributed by atoms with Crippen LogP contribution in [0, 0.1) is 5.41 Å². The van der Waals surface area contributed by atoms with Gasteiger partial charge in [-0.1, -0.05) is 39.0 Å². The van der Waals surface area contributed by atoms with Gasteiger partial charge >= 0.3 is 0 Å². The summed E-state index contributed by atoms with van der Waals surface area (Å²) in [5.41, 5.74) is 1.60. The van der Waals surface area contributed by atoms with Gasteiger partial charge in [0.1, 0.15) is 0 Å². The Labute approximate surface area is 118 Å². The molecule has 0 spiro atoms. The predicted molar refractivity (Wildman–Crippen MR) is 80.1 cm³/mol. The van der Waals surface area contributed by atoms with E-state index in [1.165, 1.54) is 12.8 Å². The van der Waals surface area contributed by atoms with E-state index in [2.05, 4.69) is 14.8 Å². The molecule has 0 bridgehead atoms. The van der Waals surface area contributed by atoms with Crippen LogP contribution in [-0.4, -0.2) is 21.9 Å². The van der Waals surface area contributed by atoms with E-state index in [4.69, 9.17) is 0 Å². The Kier molecular flexibility index (Phi) is 2.96. The minimum Gasteiger partial charge on any atom is -0.272 e. The molecule has 2 aromatic rings. The van der Waals surface area contributed by atoms with Gasteiger partial charge in [0, 0.05) is 22.6 Å². The number of hydrogen-bond donors (Lipinski definition) is 0. The number of carbonyl (C=O) groups excluding carboxylic acids is 1. The van der Waals surface area contributed by atoms with Crippen molar-refractivity contribution in [2.75, 3.05) is 0 Å². The normalized spacial score (nSPS) is 16.1. The van der Waals surface area contributed by atoms with Crippen LogP contribution in [0.5, 0.6) is 0 Å². The van der Waals surface area contributed by atoms with Gasteiger partial charge in [0.05, 0.1) is 17.8 Å². The molecule has 0 unspecified atom stereocenters. The summed E-state index contributed by atoms with van der Waals surface area (Å²) in [6.07, 6.45) is 5.93. The summed E-state index contributed by atoms with van der Waals surface area (Å²) in [5, 5.41) is 5.56. The van der Waals surface area contributed by atoms with Crippen molar-refractivity contribution in [1.29, 1.82) is 0 Å². The SMILES string of the molecule is CC(C)(C)C(=O)N=Cc1cccc2cnn(C3CC3)c12. The third-order valence-corrected chi connectivity index (χ3v) is 3.50. The smallest absolute Gasteiger partial charge is 0.251 e. The molecular weight excluding hydrogens is 250 g/mol. The largest absolute Gasteiger partial charge is 0.272 e. The van der Waals surface area contributed by atoms with Gasteiger partial charge in [0.25, 0.3) is 5.91 Å². The monoisotopic (exact) mass is 269 g/mol. The third kappa shape index (κ3) is 2.38. The second-order valence-corrected chi connectivity index (χ2v) is 6.42. The number of aliphatic imine (C=N–C) groups is 1. The summed E-state index contributed by atoms with van der Waals surface area (Å²) in [4.78, 5) is 16.0. The molecule has 0 N–H and O–H groups in total. The Balaban J connectivity index is 2.01. The maximum absolute atomic E-state index is 11.9. The molecule has 1 aromatic carbocycles. The van der Waals surface area contributed by atoms with E-state index in [0.717, 1.165) is 16.5 Å². The molecule has 20 heavy (non-hydrogen) atoms. The molecular formula is C16H19N3O. The fourth-order valence-electron chi connectivity index (χ4n) is 2.15. The van der Waals surface area contributed by atoms with Gasteiger partial charge in [-0.05, 0) is 12.8 Å². The Morgan fingerprint density at radius 1 is 1.40 bits per heavy atom. The fourth-order valence-corrected chi connectivity index (χ4v) is 2.15. The Morgan fingerprint density at radius 2 is 2.15 bits per heavy atom. The first-order valence-corrected chi connectivity index (χ1v) is 7.01. The molecule has 1 amide bonds. The second-order valence-electron chi connectivity index (χ2n) is 6.42. The lowest BCUT2D eigenvalue weighted by Gasteiger charge is -2.11. The highest BCUT2D eigenvalue weighted by atomic mass is 16.1. The number of para-hydroxylation sites is 1. The summed E-state index contributed by atoms with van der Waals surface area (Å²) >= 11 is 0. The molecule has 4 heteroatoms. The average Bonchev–Trinajstić information content (AvgIpc) is 3.14. The minimum atomic E-state index is -0.443. The molecule has 3 rings (SSSR count). The van der Waals surface area contributed by atoms with Crippen LogP contribution in [0.4, 0.5) is 0 Å². The number of benzene rings is 1. The van der Waals surface area contributed by atoms with E-state index in [1.807, 2.05) is 45.2 Å². The molecule has 4 nitrogen and oxygen atoms in total. The van der Waals surface area contributed by atoms with Gasteiger partial charge < -0.3 is 0 Å². The highest BCUT2D eigenvalue weighted by Gasteiger charge is 2.26. The number of aromatic nitrogens is 2. The maximum Gasteiger partial charge on any atom is 0.251 e. The first-order valence-electron chi connectivity index (χ1n) is 7.01. The minimum absolute atomic E-state index is 0.105. The highest BCUT2D eigenvalue weighted by Crippen LogP contribution is 2.37. The third-order valence-electron chi connectivity index (χ3n) is 3.50. The lowest BCUT2D eigenvalue weighted by atomic mass is 9.96. The van der Waals surface area contributed by atoms with Crippen molar-refractivity contribution in [2.45, 2.75) is 39.7 Å². The molecule has 1 heterocycles. The van der Waals surface area contributed by atoms with Gasteiger partial charge in [-0.3, -0.25) is 9.48 Å². The van der Waals surface area contributed by atoms with Crippen LogP contribution in [0.25, 0.3) is 10.9 Å². The predicted octanol–water partition coefficient (Wildman–Crippen LogP) is 3.36. The zero-order valence-electron chi connectivity index (χ0n) is 12.1. The average molecular weight is 269 g/mol. The van der Waals surface area contributed by atoms with E-state index in [0.29, 0.717) is 6.04 Å². The molecule has 0 atom stereocenters. The first-order chi connectivity index (χ1) is 9.47. The van der Waals surface area contributed by atoms with Gasteiger partial charge in [-0.25, -0.2) is 4.99 Å². The highest BCUT2D eigenvalue weighted by molar-refractivity contribution is 6.02. The summed E-state index contributed by atoms with van der Waals surface area (Å²) in [5.74, 6) is -0.105. The van der Waals surface area contributed by atoms with Crippen LogP contribution in [0.15, 0.2) is 29.4 Å². The second kappa shape index (κ2) is 4.54. The Morgan fingerprint density at radius 3 is 2.80 bits per heavy atom. The fraction of sp³-hybridized carbons (Fsp3) is 0.438. The van der Waals surface area contributed by atoms with Crippen LogP contribution in [0.1, 0.15) is 45.2 Å². The van der Waals surface area contributed by atoms with Gasteiger partial charge in [-0.2, -0.15) is 5.10 Å². The number of fused-ring (bicyclic) bond motifs is 1. The summed E-state index contributed by atoms with van der Waals surface area (Å²) in [6, 6.07) is 6.52. The molecule has 1 aliphatic rings. The lowest BCUT2D eigenvalue weighted by Crippen LogP contribution is -2.17. The molecule has 0 radical (unpaired) electrons. The van der Waals surface area contributed by atoms with Gasteiger partial charge in [0.2, 0.25) is 0 Å². The van der Waals surface area contributed by atoms with Crippen molar-refractivity contribution in [3.63, 3.8) is 0 Å². The molecule has 1 aromatic heterocycles. The van der Waals surface area contributed by atoms with Crippen LogP contribution < -0.4 is 0 Å². The van der Waals surface area contributed by atoms with Crippen molar-refractivity contribution < 1.29 is 4.79 Å². The molecule has 0 saturated heterocycles. The maximum atomic E-state index is 11.9. The number of amides is 1. The van der Waals surface area contributed by atoms with E-state index >= 15 is 0 Å². The quantitative estimate of drug-likeness (QED) is 0.785. The zero-order valence-corrected chi connectivity index (χ0v) is 12.1.